The summed E-state index contributed by atoms with van der Waals surface area (Å²) < 4.78 is 39.2. The molecule has 8 heteroatoms. The number of nitrogens with zero attached hydrogens (tertiary/aromatic N) is 2. The molecule has 0 bridgehead atoms. The third-order valence-corrected chi connectivity index (χ3v) is 4.51. The Morgan fingerprint density at radius 1 is 1.24 bits per heavy atom. The monoisotopic (exact) mass is 355 g/mol. The zero-order valence-corrected chi connectivity index (χ0v) is 13.6. The Balaban J connectivity index is 1.72. The molecule has 1 aliphatic rings. The minimum atomic E-state index is -4.26. The first-order valence-electron chi connectivity index (χ1n) is 8.17. The van der Waals surface area contributed by atoms with E-state index in [-0.39, 0.29) is 11.9 Å². The maximum Gasteiger partial charge on any atom is 0.406 e. The van der Waals surface area contributed by atoms with Gasteiger partial charge >= 0.3 is 6.18 Å². The highest BCUT2D eigenvalue weighted by Crippen LogP contribution is 2.29. The van der Waals surface area contributed by atoms with Gasteiger partial charge in [0, 0.05) is 36.4 Å². The van der Waals surface area contributed by atoms with E-state index in [1.165, 1.54) is 10.8 Å². The van der Waals surface area contributed by atoms with Crippen molar-refractivity contribution in [3.05, 3.63) is 30.5 Å². The minimum Gasteiger partial charge on any atom is -0.387 e. The molecule has 3 rings (SSSR count). The van der Waals surface area contributed by atoms with Crippen molar-refractivity contribution in [1.29, 1.82) is 0 Å². The van der Waals surface area contributed by atoms with Crippen LogP contribution in [0.3, 0.4) is 0 Å². The number of halogens is 3. The highest BCUT2D eigenvalue weighted by atomic mass is 19.4. The molecule has 5 nitrogen and oxygen atoms in total. The van der Waals surface area contributed by atoms with Crippen molar-refractivity contribution >= 4 is 22.5 Å². The number of nitrogens with one attached hydrogen (secondary N) is 1. The second kappa shape index (κ2) is 6.95. The van der Waals surface area contributed by atoms with Crippen molar-refractivity contribution in [2.45, 2.75) is 31.6 Å². The van der Waals surface area contributed by atoms with Crippen molar-refractivity contribution < 1.29 is 23.1 Å². The van der Waals surface area contributed by atoms with Gasteiger partial charge in [-0.1, -0.05) is 6.07 Å². The van der Waals surface area contributed by atoms with Crippen LogP contribution in [-0.2, 0) is 11.3 Å². The van der Waals surface area contributed by atoms with Crippen molar-refractivity contribution in [2.75, 3.05) is 25.0 Å². The lowest BCUT2D eigenvalue weighted by molar-refractivity contribution is -0.140. The van der Waals surface area contributed by atoms with Gasteiger partial charge in [0.05, 0.1) is 5.52 Å². The molecule has 2 N–H and O–H groups in total. The molecule has 0 saturated carbocycles. The first kappa shape index (κ1) is 17.6. The van der Waals surface area contributed by atoms with Crippen molar-refractivity contribution in [3.63, 3.8) is 0 Å². The van der Waals surface area contributed by atoms with Crippen LogP contribution >= 0.6 is 0 Å². The number of hydrogen-bond donors (Lipinski definition) is 2. The maximum absolute atomic E-state index is 12.7. The van der Waals surface area contributed by atoms with Crippen LogP contribution in [0.15, 0.2) is 30.5 Å². The van der Waals surface area contributed by atoms with Gasteiger partial charge in [0.2, 0.25) is 5.91 Å². The number of aliphatic hydroxyl groups excluding tert-OH is 1. The molecular weight excluding hydrogens is 335 g/mol. The van der Waals surface area contributed by atoms with Gasteiger partial charge in [-0.2, -0.15) is 13.2 Å². The van der Waals surface area contributed by atoms with Gasteiger partial charge in [0.15, 0.2) is 0 Å². The number of aliphatic hydroxyl groups is 1. The zero-order chi connectivity index (χ0) is 18.0. The summed E-state index contributed by atoms with van der Waals surface area (Å²) in [5, 5.41) is 13.0. The number of anilines is 1. The molecule has 1 fully saturated rings. The smallest absolute Gasteiger partial charge is 0.387 e. The van der Waals surface area contributed by atoms with Crippen LogP contribution in [-0.4, -0.2) is 52.4 Å². The van der Waals surface area contributed by atoms with Gasteiger partial charge in [-0.05, 0) is 31.0 Å². The fourth-order valence-corrected chi connectivity index (χ4v) is 3.27. The lowest BCUT2D eigenvalue weighted by atomic mass is 10.0. The van der Waals surface area contributed by atoms with E-state index in [1.807, 2.05) is 6.07 Å². The van der Waals surface area contributed by atoms with Crippen LogP contribution in [0.4, 0.5) is 18.9 Å². The number of likely N-dealkylation sites (tertiary alicyclic amines) is 1. The molecule has 0 aliphatic carbocycles. The fraction of sp³-hybridized carbons (Fsp3) is 0.471. The number of hydrogen-bond acceptors (Lipinski definition) is 3. The van der Waals surface area contributed by atoms with Crippen LogP contribution in [0.2, 0.25) is 0 Å². The van der Waals surface area contributed by atoms with Crippen LogP contribution in [0.25, 0.3) is 10.9 Å². The summed E-state index contributed by atoms with van der Waals surface area (Å²) in [6.07, 6.45) is -1.36. The normalized spacial score (nSPS) is 16.4. The van der Waals surface area contributed by atoms with Gasteiger partial charge in [0.1, 0.15) is 13.2 Å². The molecule has 1 aromatic carbocycles. The minimum absolute atomic E-state index is 0.138. The average Bonchev–Trinajstić information content (AvgIpc) is 2.97. The van der Waals surface area contributed by atoms with Gasteiger partial charge in [-0.25, -0.2) is 0 Å². The summed E-state index contributed by atoms with van der Waals surface area (Å²) in [5.74, 6) is -0.273. The molecule has 0 radical (unpaired) electrons. The molecule has 136 valence electrons. The van der Waals surface area contributed by atoms with Gasteiger partial charge < -0.3 is 19.9 Å². The number of carbonyl (C=O) groups is 1. The molecule has 1 saturated heterocycles. The van der Waals surface area contributed by atoms with Crippen molar-refractivity contribution in [2.24, 2.45) is 0 Å². The Bertz CT molecular complexity index is 749. The topological polar surface area (TPSA) is 57.5 Å². The number of piperidine rings is 1. The highest BCUT2D eigenvalue weighted by Gasteiger charge is 2.28. The molecule has 0 spiro atoms. The second-order valence-electron chi connectivity index (χ2n) is 6.25. The standard InChI is InChI=1S/C17H20F3N3O2/c18-17(19,20)11-23-9-6-13-14(2-1-3-15(13)23)21-12-4-7-22(8-5-12)16(25)10-24/h1-3,6,9,12,21,24H,4-5,7-8,10-11H2. The Kier molecular flexibility index (Phi) is 4.89. The molecule has 2 aromatic rings. The molecule has 0 unspecified atom stereocenters. The molecule has 1 aromatic heterocycles. The largest absolute Gasteiger partial charge is 0.406 e. The number of carbonyl (C=O) groups excluding carboxylic acids is 1. The number of aromatic nitrogens is 1. The number of rotatable bonds is 4. The van der Waals surface area contributed by atoms with Gasteiger partial charge in [0.25, 0.3) is 0 Å². The van der Waals surface area contributed by atoms with Crippen LogP contribution in [0, 0.1) is 0 Å². The molecule has 25 heavy (non-hydrogen) atoms. The summed E-state index contributed by atoms with van der Waals surface area (Å²) in [4.78, 5) is 13.1. The number of fused-ring (bicyclic) bond motifs is 1. The van der Waals surface area contributed by atoms with E-state index in [2.05, 4.69) is 5.32 Å². The Morgan fingerprint density at radius 2 is 1.96 bits per heavy atom. The zero-order valence-electron chi connectivity index (χ0n) is 13.6. The summed E-state index contributed by atoms with van der Waals surface area (Å²) in [7, 11) is 0. The van der Waals surface area contributed by atoms with E-state index in [1.54, 1.807) is 23.1 Å². The van der Waals surface area contributed by atoms with E-state index in [0.29, 0.717) is 18.6 Å². The van der Waals surface area contributed by atoms with Gasteiger partial charge in [-0.3, -0.25) is 4.79 Å². The first-order valence-corrected chi connectivity index (χ1v) is 8.17. The van der Waals surface area contributed by atoms with E-state index < -0.39 is 19.3 Å². The predicted molar refractivity (Wildman–Crippen MR) is 88.3 cm³/mol. The summed E-state index contributed by atoms with van der Waals surface area (Å²) >= 11 is 0. The van der Waals surface area contributed by atoms with Crippen molar-refractivity contribution in [3.8, 4) is 0 Å². The second-order valence-corrected chi connectivity index (χ2v) is 6.25. The Morgan fingerprint density at radius 3 is 2.60 bits per heavy atom. The summed E-state index contributed by atoms with van der Waals surface area (Å²) in [6.45, 7) is -0.379. The summed E-state index contributed by atoms with van der Waals surface area (Å²) in [5.41, 5.74) is 1.33. The van der Waals surface area contributed by atoms with Gasteiger partial charge in [-0.15, -0.1) is 0 Å². The predicted octanol–water partition coefficient (Wildman–Crippen LogP) is 2.60. The SMILES string of the molecule is O=C(CO)N1CCC(Nc2cccc3c2ccn3CC(F)(F)F)CC1. The third kappa shape index (κ3) is 4.07. The lowest BCUT2D eigenvalue weighted by Crippen LogP contribution is -2.43. The van der Waals surface area contributed by atoms with Crippen LogP contribution in [0.1, 0.15) is 12.8 Å². The molecule has 1 amide bonds. The van der Waals surface area contributed by atoms with E-state index in [4.69, 9.17) is 5.11 Å². The van der Waals surface area contributed by atoms with E-state index in [0.717, 1.165) is 23.9 Å². The first-order chi connectivity index (χ1) is 11.9. The average molecular weight is 355 g/mol. The molecule has 1 aliphatic heterocycles. The maximum atomic E-state index is 12.7. The number of amides is 1. The Hall–Kier alpha value is -2.22. The van der Waals surface area contributed by atoms with E-state index in [9.17, 15) is 18.0 Å². The lowest BCUT2D eigenvalue weighted by Gasteiger charge is -2.32. The van der Waals surface area contributed by atoms with Crippen LogP contribution < -0.4 is 5.32 Å². The Labute approximate surface area is 143 Å². The summed E-state index contributed by atoms with van der Waals surface area (Å²) in [6, 6.07) is 7.09. The third-order valence-electron chi connectivity index (χ3n) is 4.51. The molecular formula is C17H20F3N3O2. The van der Waals surface area contributed by atoms with E-state index >= 15 is 0 Å². The van der Waals surface area contributed by atoms with Crippen LogP contribution in [0.5, 0.6) is 0 Å². The fourth-order valence-electron chi connectivity index (χ4n) is 3.27. The molecule has 0 atom stereocenters. The highest BCUT2D eigenvalue weighted by molar-refractivity contribution is 5.92. The number of alkyl halides is 3. The van der Waals surface area contributed by atoms with Crippen molar-refractivity contribution in [1.82, 2.24) is 9.47 Å². The number of benzene rings is 1. The molecule has 2 heterocycles. The quantitative estimate of drug-likeness (QED) is 0.886.